The molecule has 0 bridgehead atoms. The Balaban J connectivity index is 2.04. The van der Waals surface area contributed by atoms with Crippen LogP contribution in [-0.2, 0) is 0 Å². The molecule has 92 valence electrons. The Morgan fingerprint density at radius 3 is 2.76 bits per heavy atom. The van der Waals surface area contributed by atoms with Crippen molar-refractivity contribution in [3.8, 4) is 0 Å². The Morgan fingerprint density at radius 2 is 2.18 bits per heavy atom. The first-order valence-corrected chi connectivity index (χ1v) is 5.95. The van der Waals surface area contributed by atoms with Gasteiger partial charge in [0.05, 0.1) is 0 Å². The second-order valence-electron chi connectivity index (χ2n) is 4.40. The molecule has 1 saturated carbocycles. The molecule has 0 aliphatic heterocycles. The third-order valence-electron chi connectivity index (χ3n) is 2.93. The molecule has 3 nitrogen and oxygen atoms in total. The number of benzene rings is 1. The van der Waals surface area contributed by atoms with Gasteiger partial charge in [-0.1, -0.05) is 11.6 Å². The molecule has 1 aliphatic carbocycles. The third kappa shape index (κ3) is 3.17. The fourth-order valence-corrected chi connectivity index (χ4v) is 2.32. The fourth-order valence-electron chi connectivity index (χ4n) is 2.10. The predicted molar refractivity (Wildman–Crippen MR) is 64.5 cm³/mol. The van der Waals surface area contributed by atoms with Gasteiger partial charge >= 0.3 is 0 Å². The summed E-state index contributed by atoms with van der Waals surface area (Å²) in [4.78, 5) is 11.8. The smallest absolute Gasteiger partial charge is 0.251 e. The molecule has 2 rings (SSSR count). The summed E-state index contributed by atoms with van der Waals surface area (Å²) >= 11 is 5.69. The SMILES string of the molecule is N[C@@H]1CC[C@H](NC(=O)c2cc(F)cc(Cl)c2)C1. The number of hydrogen-bond acceptors (Lipinski definition) is 2. The Bertz CT molecular complexity index is 418. The van der Waals surface area contributed by atoms with Crippen LogP contribution >= 0.6 is 11.6 Å². The highest BCUT2D eigenvalue weighted by Crippen LogP contribution is 2.19. The second kappa shape index (κ2) is 5.02. The van der Waals surface area contributed by atoms with Crippen LogP contribution in [0.1, 0.15) is 29.6 Å². The average Bonchev–Trinajstić information content (AvgIpc) is 2.62. The Hall–Kier alpha value is -1.13. The van der Waals surface area contributed by atoms with Crippen LogP contribution in [0.5, 0.6) is 0 Å². The van der Waals surface area contributed by atoms with E-state index in [1.54, 1.807) is 0 Å². The minimum Gasteiger partial charge on any atom is -0.349 e. The van der Waals surface area contributed by atoms with E-state index >= 15 is 0 Å². The number of hydrogen-bond donors (Lipinski definition) is 2. The third-order valence-corrected chi connectivity index (χ3v) is 3.15. The summed E-state index contributed by atoms with van der Waals surface area (Å²) in [5, 5.41) is 3.06. The zero-order valence-electron chi connectivity index (χ0n) is 9.25. The maximum Gasteiger partial charge on any atom is 0.251 e. The largest absolute Gasteiger partial charge is 0.349 e. The summed E-state index contributed by atoms with van der Waals surface area (Å²) in [7, 11) is 0. The lowest BCUT2D eigenvalue weighted by Crippen LogP contribution is -2.34. The van der Waals surface area contributed by atoms with E-state index in [0.717, 1.165) is 19.3 Å². The summed E-state index contributed by atoms with van der Waals surface area (Å²) in [6, 6.07) is 4.03. The quantitative estimate of drug-likeness (QED) is 0.851. The average molecular weight is 257 g/mol. The first-order valence-electron chi connectivity index (χ1n) is 5.57. The molecule has 1 aliphatic rings. The Kier molecular flexibility index (Phi) is 3.64. The standard InChI is InChI=1S/C12H14ClFN2O/c13-8-3-7(4-9(14)5-8)12(17)16-11-2-1-10(15)6-11/h3-5,10-11H,1-2,6,15H2,(H,16,17)/t10-,11+/m1/s1. The molecule has 5 heteroatoms. The maximum absolute atomic E-state index is 13.1. The second-order valence-corrected chi connectivity index (χ2v) is 4.84. The van der Waals surface area contributed by atoms with Crippen molar-refractivity contribution in [1.82, 2.24) is 5.32 Å². The molecule has 0 radical (unpaired) electrons. The van der Waals surface area contributed by atoms with Crippen molar-refractivity contribution < 1.29 is 9.18 Å². The van der Waals surface area contributed by atoms with Crippen LogP contribution in [0.25, 0.3) is 0 Å². The highest BCUT2D eigenvalue weighted by molar-refractivity contribution is 6.31. The molecule has 1 aromatic rings. The van der Waals surface area contributed by atoms with Gasteiger partial charge in [-0.05, 0) is 37.5 Å². The van der Waals surface area contributed by atoms with E-state index in [9.17, 15) is 9.18 Å². The van der Waals surface area contributed by atoms with Crippen LogP contribution in [0.15, 0.2) is 18.2 Å². The van der Waals surface area contributed by atoms with Gasteiger partial charge in [0.25, 0.3) is 5.91 Å². The van der Waals surface area contributed by atoms with E-state index in [2.05, 4.69) is 5.32 Å². The first-order chi connectivity index (χ1) is 8.04. The summed E-state index contributed by atoms with van der Waals surface area (Å²) in [5.41, 5.74) is 6.00. The number of nitrogens with one attached hydrogen (secondary N) is 1. The van der Waals surface area contributed by atoms with Gasteiger partial charge in [0.15, 0.2) is 0 Å². The zero-order chi connectivity index (χ0) is 12.4. The minimum absolute atomic E-state index is 0.0829. The van der Waals surface area contributed by atoms with Crippen LogP contribution in [-0.4, -0.2) is 18.0 Å². The predicted octanol–water partition coefficient (Wildman–Crippen LogP) is 2.09. The van der Waals surface area contributed by atoms with Gasteiger partial charge in [-0.3, -0.25) is 4.79 Å². The summed E-state index contributed by atoms with van der Waals surface area (Å²) < 4.78 is 13.1. The number of amides is 1. The van der Waals surface area contributed by atoms with Crippen molar-refractivity contribution in [3.63, 3.8) is 0 Å². The summed E-state index contributed by atoms with van der Waals surface area (Å²) in [5.74, 6) is -0.809. The lowest BCUT2D eigenvalue weighted by atomic mass is 10.1. The van der Waals surface area contributed by atoms with E-state index in [4.69, 9.17) is 17.3 Å². The normalized spacial score (nSPS) is 23.7. The van der Waals surface area contributed by atoms with Gasteiger partial charge in [0, 0.05) is 22.7 Å². The monoisotopic (exact) mass is 256 g/mol. The molecule has 1 fully saturated rings. The van der Waals surface area contributed by atoms with Crippen molar-refractivity contribution >= 4 is 17.5 Å². The van der Waals surface area contributed by atoms with Crippen molar-refractivity contribution in [3.05, 3.63) is 34.6 Å². The highest BCUT2D eigenvalue weighted by Gasteiger charge is 2.23. The van der Waals surface area contributed by atoms with Crippen LogP contribution in [0, 0.1) is 5.82 Å². The van der Waals surface area contributed by atoms with Crippen LogP contribution in [0.3, 0.4) is 0 Å². The van der Waals surface area contributed by atoms with Crippen molar-refractivity contribution in [2.24, 2.45) is 5.73 Å². The fraction of sp³-hybridized carbons (Fsp3) is 0.417. The van der Waals surface area contributed by atoms with Crippen molar-refractivity contribution in [2.75, 3.05) is 0 Å². The summed E-state index contributed by atoms with van der Waals surface area (Å²) in [6.45, 7) is 0. The molecule has 0 heterocycles. The van der Waals surface area contributed by atoms with Crippen LogP contribution < -0.4 is 11.1 Å². The summed E-state index contributed by atoms with van der Waals surface area (Å²) in [6.07, 6.45) is 2.56. The molecule has 2 atom stereocenters. The molecule has 0 unspecified atom stereocenters. The van der Waals surface area contributed by atoms with Crippen LogP contribution in [0.2, 0.25) is 5.02 Å². The van der Waals surface area contributed by atoms with Crippen LogP contribution in [0.4, 0.5) is 4.39 Å². The Labute approximate surface area is 104 Å². The van der Waals surface area contributed by atoms with E-state index in [1.165, 1.54) is 18.2 Å². The lowest BCUT2D eigenvalue weighted by Gasteiger charge is -2.12. The molecular weight excluding hydrogens is 243 g/mol. The van der Waals surface area contributed by atoms with E-state index in [0.29, 0.717) is 0 Å². The molecule has 17 heavy (non-hydrogen) atoms. The van der Waals surface area contributed by atoms with E-state index in [-0.39, 0.29) is 28.6 Å². The number of nitrogens with two attached hydrogens (primary N) is 1. The molecular formula is C12H14ClFN2O. The number of rotatable bonds is 2. The topological polar surface area (TPSA) is 55.1 Å². The molecule has 0 aromatic heterocycles. The van der Waals surface area contributed by atoms with Gasteiger partial charge in [-0.25, -0.2) is 4.39 Å². The molecule has 0 saturated heterocycles. The molecule has 1 aromatic carbocycles. The van der Waals surface area contributed by atoms with E-state index < -0.39 is 5.82 Å². The number of carbonyl (C=O) groups is 1. The van der Waals surface area contributed by atoms with Gasteiger partial charge in [0.1, 0.15) is 5.82 Å². The Morgan fingerprint density at radius 1 is 1.41 bits per heavy atom. The van der Waals surface area contributed by atoms with E-state index in [1.807, 2.05) is 0 Å². The number of halogens is 2. The van der Waals surface area contributed by atoms with Crippen molar-refractivity contribution in [1.29, 1.82) is 0 Å². The minimum atomic E-state index is -0.509. The maximum atomic E-state index is 13.1. The first kappa shape index (κ1) is 12.3. The zero-order valence-corrected chi connectivity index (χ0v) is 10.0. The van der Waals surface area contributed by atoms with Crippen molar-refractivity contribution in [2.45, 2.75) is 31.3 Å². The van der Waals surface area contributed by atoms with Gasteiger partial charge < -0.3 is 11.1 Å². The van der Waals surface area contributed by atoms with Gasteiger partial charge in [-0.2, -0.15) is 0 Å². The molecule has 0 spiro atoms. The van der Waals surface area contributed by atoms with Gasteiger partial charge in [0.2, 0.25) is 0 Å². The highest BCUT2D eigenvalue weighted by atomic mass is 35.5. The lowest BCUT2D eigenvalue weighted by molar-refractivity contribution is 0.0937. The molecule has 3 N–H and O–H groups in total. The van der Waals surface area contributed by atoms with Gasteiger partial charge in [-0.15, -0.1) is 0 Å². The number of carbonyl (C=O) groups excluding carboxylic acids is 1. The molecule has 1 amide bonds.